The molecule has 1 aromatic carbocycles. The number of rotatable bonds is 2. The van der Waals surface area contributed by atoms with Crippen molar-refractivity contribution in [2.24, 2.45) is 0 Å². The molecule has 1 aromatic heterocycles. The van der Waals surface area contributed by atoms with Crippen LogP contribution in [-0.2, 0) is 0 Å². The molecule has 17 heavy (non-hydrogen) atoms. The van der Waals surface area contributed by atoms with Gasteiger partial charge in [0.15, 0.2) is 0 Å². The van der Waals surface area contributed by atoms with Gasteiger partial charge in [-0.3, -0.25) is 4.79 Å². The lowest BCUT2D eigenvalue weighted by Gasteiger charge is -2.05. The zero-order valence-corrected chi connectivity index (χ0v) is 10.5. The van der Waals surface area contributed by atoms with E-state index in [1.165, 1.54) is 29.5 Å². The van der Waals surface area contributed by atoms with Crippen LogP contribution in [0.25, 0.3) is 0 Å². The first-order chi connectivity index (χ1) is 8.08. The molecule has 0 saturated carbocycles. The maximum atomic E-state index is 12.9. The predicted octanol–water partition coefficient (Wildman–Crippen LogP) is 4.10. The van der Waals surface area contributed by atoms with Crippen LogP contribution >= 0.6 is 22.9 Å². The zero-order chi connectivity index (χ0) is 12.4. The van der Waals surface area contributed by atoms with Crippen molar-refractivity contribution >= 4 is 34.5 Å². The fourth-order valence-electron chi connectivity index (χ4n) is 1.37. The lowest BCUT2D eigenvalue weighted by molar-refractivity contribution is 0.103. The third-order valence-corrected chi connectivity index (χ3v) is 3.55. The monoisotopic (exact) mass is 269 g/mol. The molecule has 5 heteroatoms. The van der Waals surface area contributed by atoms with Crippen LogP contribution in [0.3, 0.4) is 0 Å². The predicted molar refractivity (Wildman–Crippen MR) is 68.4 cm³/mol. The summed E-state index contributed by atoms with van der Waals surface area (Å²) in [4.78, 5) is 12.5. The number of thiophene rings is 1. The van der Waals surface area contributed by atoms with Crippen molar-refractivity contribution in [1.29, 1.82) is 0 Å². The van der Waals surface area contributed by atoms with Crippen molar-refractivity contribution < 1.29 is 9.18 Å². The number of amides is 1. The summed E-state index contributed by atoms with van der Waals surface area (Å²) < 4.78 is 12.9. The average molecular weight is 270 g/mol. The minimum absolute atomic E-state index is 0.00861. The van der Waals surface area contributed by atoms with Gasteiger partial charge in [-0.15, -0.1) is 11.3 Å². The zero-order valence-electron chi connectivity index (χ0n) is 8.96. The number of nitrogens with one attached hydrogen (secondary N) is 1. The fourth-order valence-corrected chi connectivity index (χ4v) is 2.37. The van der Waals surface area contributed by atoms with Crippen molar-refractivity contribution in [3.63, 3.8) is 0 Å². The molecule has 0 unspecified atom stereocenters. The van der Waals surface area contributed by atoms with E-state index in [0.717, 1.165) is 5.56 Å². The molecule has 0 fully saturated rings. The second-order valence-corrected chi connectivity index (χ2v) is 4.84. The Bertz CT molecular complexity index is 567. The molecule has 0 bridgehead atoms. The summed E-state index contributed by atoms with van der Waals surface area (Å²) >= 11 is 6.99. The van der Waals surface area contributed by atoms with Gasteiger partial charge in [-0.25, -0.2) is 4.39 Å². The summed E-state index contributed by atoms with van der Waals surface area (Å²) in [6.07, 6.45) is 0. The number of halogens is 2. The van der Waals surface area contributed by atoms with E-state index in [1.807, 2.05) is 18.4 Å². The Morgan fingerprint density at radius 1 is 1.41 bits per heavy atom. The first-order valence-electron chi connectivity index (χ1n) is 4.88. The van der Waals surface area contributed by atoms with E-state index in [2.05, 4.69) is 5.32 Å². The Hall–Kier alpha value is -1.39. The van der Waals surface area contributed by atoms with E-state index in [1.54, 1.807) is 0 Å². The highest BCUT2D eigenvalue weighted by Crippen LogP contribution is 2.21. The molecule has 1 amide bonds. The Kier molecular flexibility index (Phi) is 3.45. The topological polar surface area (TPSA) is 29.1 Å². The van der Waals surface area contributed by atoms with Crippen molar-refractivity contribution in [3.8, 4) is 0 Å². The van der Waals surface area contributed by atoms with Crippen LogP contribution in [-0.4, -0.2) is 5.91 Å². The van der Waals surface area contributed by atoms with Crippen LogP contribution in [0.5, 0.6) is 0 Å². The molecule has 2 nitrogen and oxygen atoms in total. The van der Waals surface area contributed by atoms with Crippen LogP contribution in [0, 0.1) is 12.7 Å². The standard InChI is InChI=1S/C12H9ClFNOS/c1-7-4-5-17-11(7)12(16)15-8-2-3-10(14)9(13)6-8/h2-6H,1H3,(H,15,16). The molecule has 0 aliphatic rings. The Balaban J connectivity index is 2.19. The van der Waals surface area contributed by atoms with Gasteiger partial charge >= 0.3 is 0 Å². The number of hydrogen-bond donors (Lipinski definition) is 1. The molecule has 0 aliphatic heterocycles. The lowest BCUT2D eigenvalue weighted by Crippen LogP contribution is -2.11. The molecular formula is C12H9ClFNOS. The quantitative estimate of drug-likeness (QED) is 0.874. The van der Waals surface area contributed by atoms with E-state index in [4.69, 9.17) is 11.6 Å². The minimum Gasteiger partial charge on any atom is -0.321 e. The maximum Gasteiger partial charge on any atom is 0.265 e. The summed E-state index contributed by atoms with van der Waals surface area (Å²) in [5.41, 5.74) is 1.40. The molecule has 0 atom stereocenters. The van der Waals surface area contributed by atoms with Gasteiger partial charge in [-0.1, -0.05) is 11.6 Å². The van der Waals surface area contributed by atoms with Crippen LogP contribution < -0.4 is 5.32 Å². The number of carbonyl (C=O) groups is 1. The Labute approximate surface area is 107 Å². The first-order valence-corrected chi connectivity index (χ1v) is 6.14. The van der Waals surface area contributed by atoms with Gasteiger partial charge in [0, 0.05) is 5.69 Å². The molecule has 1 N–H and O–H groups in total. The first kappa shape index (κ1) is 12.1. The third-order valence-electron chi connectivity index (χ3n) is 2.25. The van der Waals surface area contributed by atoms with Crippen molar-refractivity contribution in [2.75, 3.05) is 5.32 Å². The Morgan fingerprint density at radius 3 is 2.76 bits per heavy atom. The van der Waals surface area contributed by atoms with E-state index >= 15 is 0 Å². The van der Waals surface area contributed by atoms with Crippen molar-refractivity contribution in [3.05, 3.63) is 50.9 Å². The van der Waals surface area contributed by atoms with Gasteiger partial charge in [0.1, 0.15) is 5.82 Å². The van der Waals surface area contributed by atoms with Gasteiger partial charge in [0.25, 0.3) is 5.91 Å². The van der Waals surface area contributed by atoms with E-state index < -0.39 is 5.82 Å². The van der Waals surface area contributed by atoms with E-state index in [-0.39, 0.29) is 10.9 Å². The molecule has 1 heterocycles. The van der Waals surface area contributed by atoms with Crippen molar-refractivity contribution in [2.45, 2.75) is 6.92 Å². The van der Waals surface area contributed by atoms with Gasteiger partial charge < -0.3 is 5.32 Å². The summed E-state index contributed by atoms with van der Waals surface area (Å²) in [5, 5.41) is 4.51. The normalized spacial score (nSPS) is 10.3. The molecule has 0 radical (unpaired) electrons. The average Bonchev–Trinajstić information content (AvgIpc) is 2.70. The molecule has 0 saturated heterocycles. The van der Waals surface area contributed by atoms with Gasteiger partial charge in [0.2, 0.25) is 0 Å². The summed E-state index contributed by atoms with van der Waals surface area (Å²) in [7, 11) is 0. The van der Waals surface area contributed by atoms with Gasteiger partial charge in [-0.05, 0) is 42.1 Å². The highest BCUT2D eigenvalue weighted by Gasteiger charge is 2.11. The molecule has 2 aromatic rings. The number of aryl methyl sites for hydroxylation is 1. The largest absolute Gasteiger partial charge is 0.321 e. The summed E-state index contributed by atoms with van der Waals surface area (Å²) in [6.45, 7) is 1.86. The fraction of sp³-hybridized carbons (Fsp3) is 0.0833. The Morgan fingerprint density at radius 2 is 2.18 bits per heavy atom. The highest BCUT2D eigenvalue weighted by molar-refractivity contribution is 7.12. The van der Waals surface area contributed by atoms with Crippen LogP contribution in [0.1, 0.15) is 15.2 Å². The summed E-state index contributed by atoms with van der Waals surface area (Å²) in [6, 6.07) is 5.95. The number of benzene rings is 1. The number of hydrogen-bond acceptors (Lipinski definition) is 2. The second-order valence-electron chi connectivity index (χ2n) is 3.52. The smallest absolute Gasteiger partial charge is 0.265 e. The highest BCUT2D eigenvalue weighted by atomic mass is 35.5. The maximum absolute atomic E-state index is 12.9. The minimum atomic E-state index is -0.503. The number of anilines is 1. The van der Waals surface area contributed by atoms with Crippen LogP contribution in [0.15, 0.2) is 29.6 Å². The van der Waals surface area contributed by atoms with E-state index in [0.29, 0.717) is 10.6 Å². The van der Waals surface area contributed by atoms with Crippen LogP contribution in [0.2, 0.25) is 5.02 Å². The number of carbonyl (C=O) groups excluding carboxylic acids is 1. The SMILES string of the molecule is Cc1ccsc1C(=O)Nc1ccc(F)c(Cl)c1. The molecule has 88 valence electrons. The second kappa shape index (κ2) is 4.85. The molecule has 2 rings (SSSR count). The third kappa shape index (κ3) is 2.65. The van der Waals surface area contributed by atoms with E-state index in [9.17, 15) is 9.18 Å². The molecular weight excluding hydrogens is 261 g/mol. The molecule has 0 aliphatic carbocycles. The van der Waals surface area contributed by atoms with Gasteiger partial charge in [-0.2, -0.15) is 0 Å². The lowest BCUT2D eigenvalue weighted by atomic mass is 10.2. The van der Waals surface area contributed by atoms with Crippen molar-refractivity contribution in [1.82, 2.24) is 0 Å². The molecule has 0 spiro atoms. The van der Waals surface area contributed by atoms with Gasteiger partial charge in [0.05, 0.1) is 9.90 Å². The van der Waals surface area contributed by atoms with Crippen LogP contribution in [0.4, 0.5) is 10.1 Å². The summed E-state index contributed by atoms with van der Waals surface area (Å²) in [5.74, 6) is -0.711.